The third-order valence-corrected chi connectivity index (χ3v) is 2.90. The maximum Gasteiger partial charge on any atom is 0.231 e. The number of aromatic nitrogens is 4. The van der Waals surface area contributed by atoms with Gasteiger partial charge in [-0.1, -0.05) is 25.9 Å². The number of aryl methyl sites for hydroxylation is 1. The van der Waals surface area contributed by atoms with Crippen LogP contribution in [0.15, 0.2) is 16.9 Å². The lowest BCUT2D eigenvalue weighted by Gasteiger charge is -2.22. The Labute approximate surface area is 113 Å². The lowest BCUT2D eigenvalue weighted by atomic mass is 9.84. The van der Waals surface area contributed by atoms with Gasteiger partial charge in [0.15, 0.2) is 0 Å². The van der Waals surface area contributed by atoms with E-state index in [-0.39, 0.29) is 11.3 Å². The highest BCUT2D eigenvalue weighted by atomic mass is 16.5. The number of nitrogens with zero attached hydrogens (tertiary/aromatic N) is 4. The smallest absolute Gasteiger partial charge is 0.231 e. The Morgan fingerprint density at radius 2 is 2.16 bits per heavy atom. The summed E-state index contributed by atoms with van der Waals surface area (Å²) in [6, 6.07) is 0. The van der Waals surface area contributed by atoms with Crippen LogP contribution in [0.4, 0.5) is 0 Å². The first-order valence-electron chi connectivity index (χ1n) is 6.42. The predicted octanol–water partition coefficient (Wildman–Crippen LogP) is 1.95. The number of rotatable bonds is 4. The van der Waals surface area contributed by atoms with Crippen LogP contribution in [0.1, 0.15) is 39.0 Å². The molecule has 1 unspecified atom stereocenters. The van der Waals surface area contributed by atoms with E-state index < -0.39 is 0 Å². The zero-order valence-corrected chi connectivity index (χ0v) is 11.9. The highest BCUT2D eigenvalue weighted by Crippen LogP contribution is 2.30. The van der Waals surface area contributed by atoms with Crippen molar-refractivity contribution in [2.75, 3.05) is 6.54 Å². The number of hydrogen-bond donors (Lipinski definition) is 1. The monoisotopic (exact) mass is 263 g/mol. The van der Waals surface area contributed by atoms with E-state index in [0.29, 0.717) is 18.3 Å². The zero-order chi connectivity index (χ0) is 14.0. The minimum atomic E-state index is 0.0953. The summed E-state index contributed by atoms with van der Waals surface area (Å²) < 4.78 is 7.06. The summed E-state index contributed by atoms with van der Waals surface area (Å²) in [7, 11) is 1.85. The van der Waals surface area contributed by atoms with E-state index in [9.17, 15) is 0 Å². The van der Waals surface area contributed by atoms with Crippen LogP contribution in [0.25, 0.3) is 11.4 Å². The summed E-state index contributed by atoms with van der Waals surface area (Å²) in [5, 5.41) is 8.10. The van der Waals surface area contributed by atoms with Gasteiger partial charge in [-0.25, -0.2) is 0 Å². The summed E-state index contributed by atoms with van der Waals surface area (Å²) in [5.74, 6) is 1.27. The molecule has 2 rings (SSSR count). The van der Waals surface area contributed by atoms with Crippen molar-refractivity contribution >= 4 is 0 Å². The van der Waals surface area contributed by atoms with Crippen LogP contribution >= 0.6 is 0 Å². The Kier molecular flexibility index (Phi) is 3.71. The van der Waals surface area contributed by atoms with Gasteiger partial charge in [-0.15, -0.1) is 0 Å². The normalized spacial score (nSPS) is 13.7. The second kappa shape index (κ2) is 5.13. The Bertz CT molecular complexity index is 537. The van der Waals surface area contributed by atoms with Gasteiger partial charge in [0, 0.05) is 19.8 Å². The fraction of sp³-hybridized carbons (Fsp3) is 0.615. The molecule has 104 valence electrons. The Morgan fingerprint density at radius 1 is 1.42 bits per heavy atom. The molecule has 2 N–H and O–H groups in total. The lowest BCUT2D eigenvalue weighted by molar-refractivity contribution is 0.287. The number of hydrogen-bond acceptors (Lipinski definition) is 5. The molecule has 6 nitrogen and oxygen atoms in total. The Balaban J connectivity index is 2.19. The minimum absolute atomic E-state index is 0.0953. The molecule has 1 atom stereocenters. The van der Waals surface area contributed by atoms with E-state index >= 15 is 0 Å². The van der Waals surface area contributed by atoms with Gasteiger partial charge in [0.2, 0.25) is 11.7 Å². The van der Waals surface area contributed by atoms with Gasteiger partial charge in [-0.3, -0.25) is 4.68 Å². The van der Waals surface area contributed by atoms with E-state index in [0.717, 1.165) is 12.0 Å². The van der Waals surface area contributed by atoms with Gasteiger partial charge >= 0.3 is 0 Å². The van der Waals surface area contributed by atoms with Crippen LogP contribution in [0.2, 0.25) is 0 Å². The molecule has 0 saturated heterocycles. The largest absolute Gasteiger partial charge is 0.339 e. The third kappa shape index (κ3) is 3.41. The lowest BCUT2D eigenvalue weighted by Crippen LogP contribution is -2.19. The van der Waals surface area contributed by atoms with Crippen LogP contribution in [0, 0.1) is 5.41 Å². The van der Waals surface area contributed by atoms with Gasteiger partial charge in [0.05, 0.1) is 17.7 Å². The second-order valence-corrected chi connectivity index (χ2v) is 6.06. The van der Waals surface area contributed by atoms with Crippen LogP contribution in [0.5, 0.6) is 0 Å². The highest BCUT2D eigenvalue weighted by Gasteiger charge is 2.24. The molecule has 0 aliphatic rings. The molecule has 0 aliphatic heterocycles. The molecular formula is C13H21N5O. The summed E-state index contributed by atoms with van der Waals surface area (Å²) >= 11 is 0. The first kappa shape index (κ1) is 13.7. The first-order valence-corrected chi connectivity index (χ1v) is 6.42. The molecule has 6 heteroatoms. The van der Waals surface area contributed by atoms with Gasteiger partial charge < -0.3 is 10.3 Å². The minimum Gasteiger partial charge on any atom is -0.339 e. The molecule has 0 radical (unpaired) electrons. The van der Waals surface area contributed by atoms with Crippen molar-refractivity contribution in [2.45, 2.75) is 33.1 Å². The van der Waals surface area contributed by atoms with Crippen molar-refractivity contribution in [1.82, 2.24) is 19.9 Å². The Hall–Kier alpha value is -1.69. The molecule has 0 aliphatic carbocycles. The van der Waals surface area contributed by atoms with E-state index in [4.69, 9.17) is 10.3 Å². The van der Waals surface area contributed by atoms with Crippen molar-refractivity contribution in [1.29, 1.82) is 0 Å². The molecule has 0 bridgehead atoms. The molecule has 0 saturated carbocycles. The maximum absolute atomic E-state index is 5.82. The summed E-state index contributed by atoms with van der Waals surface area (Å²) in [6.45, 7) is 7.03. The van der Waals surface area contributed by atoms with Crippen molar-refractivity contribution < 1.29 is 4.52 Å². The standard InChI is InChI=1S/C13H21N5O/c1-13(2,3)5-9(6-14)12-16-11(17-19-12)10-7-15-18(4)8-10/h7-9H,5-6,14H2,1-4H3. The van der Waals surface area contributed by atoms with Crippen molar-refractivity contribution in [3.8, 4) is 11.4 Å². The average Bonchev–Trinajstić information content (AvgIpc) is 2.92. The molecule has 0 aromatic carbocycles. The topological polar surface area (TPSA) is 82.8 Å². The van der Waals surface area contributed by atoms with E-state index in [1.165, 1.54) is 0 Å². The predicted molar refractivity (Wildman–Crippen MR) is 72.4 cm³/mol. The second-order valence-electron chi connectivity index (χ2n) is 6.06. The molecule has 19 heavy (non-hydrogen) atoms. The van der Waals surface area contributed by atoms with Crippen LogP contribution in [0.3, 0.4) is 0 Å². The first-order chi connectivity index (χ1) is 8.89. The van der Waals surface area contributed by atoms with Gasteiger partial charge in [-0.05, 0) is 11.8 Å². The van der Waals surface area contributed by atoms with Gasteiger partial charge in [-0.2, -0.15) is 10.1 Å². The average molecular weight is 263 g/mol. The van der Waals surface area contributed by atoms with E-state index in [2.05, 4.69) is 36.0 Å². The van der Waals surface area contributed by atoms with Crippen LogP contribution < -0.4 is 5.73 Å². The summed E-state index contributed by atoms with van der Waals surface area (Å²) in [6.07, 6.45) is 4.49. The fourth-order valence-corrected chi connectivity index (χ4v) is 2.07. The van der Waals surface area contributed by atoms with Crippen molar-refractivity contribution in [2.24, 2.45) is 18.2 Å². The summed E-state index contributed by atoms with van der Waals surface area (Å²) in [4.78, 5) is 4.44. The molecule has 0 spiro atoms. The maximum atomic E-state index is 5.82. The zero-order valence-electron chi connectivity index (χ0n) is 11.9. The van der Waals surface area contributed by atoms with Gasteiger partial charge in [0.25, 0.3) is 0 Å². The SMILES string of the molecule is Cn1cc(-c2noc(C(CN)CC(C)(C)C)n2)cn1. The van der Waals surface area contributed by atoms with Crippen LogP contribution in [-0.2, 0) is 7.05 Å². The van der Waals surface area contributed by atoms with Crippen molar-refractivity contribution in [3.63, 3.8) is 0 Å². The molecule has 2 heterocycles. The third-order valence-electron chi connectivity index (χ3n) is 2.90. The molecular weight excluding hydrogens is 242 g/mol. The van der Waals surface area contributed by atoms with Crippen LogP contribution in [-0.4, -0.2) is 26.5 Å². The van der Waals surface area contributed by atoms with Crippen molar-refractivity contribution in [3.05, 3.63) is 18.3 Å². The summed E-state index contributed by atoms with van der Waals surface area (Å²) in [5.41, 5.74) is 6.84. The molecule has 0 amide bonds. The molecule has 2 aromatic heterocycles. The van der Waals surface area contributed by atoms with E-state index in [1.807, 2.05) is 13.2 Å². The van der Waals surface area contributed by atoms with E-state index in [1.54, 1.807) is 10.9 Å². The quantitative estimate of drug-likeness (QED) is 0.911. The molecule has 0 fully saturated rings. The fourth-order valence-electron chi connectivity index (χ4n) is 2.07. The molecule has 2 aromatic rings. The highest BCUT2D eigenvalue weighted by molar-refractivity contribution is 5.51. The van der Waals surface area contributed by atoms with Gasteiger partial charge in [0.1, 0.15) is 0 Å². The number of nitrogens with two attached hydrogens (primary N) is 1. The Morgan fingerprint density at radius 3 is 2.68 bits per heavy atom.